The number of hydrogen-bond donors (Lipinski definition) is 1. The normalized spacial score (nSPS) is 15.8. The zero-order valence-electron chi connectivity index (χ0n) is 14.0. The van der Waals surface area contributed by atoms with Gasteiger partial charge in [-0.3, -0.25) is 0 Å². The van der Waals surface area contributed by atoms with E-state index in [0.717, 1.165) is 23.6 Å². The monoisotopic (exact) mass is 317 g/mol. The molecule has 124 valence electrons. The summed E-state index contributed by atoms with van der Waals surface area (Å²) in [6, 6.07) is 5.73. The molecule has 0 radical (unpaired) electrons. The van der Waals surface area contributed by atoms with Crippen molar-refractivity contribution < 1.29 is 14.0 Å². The molecule has 1 atom stereocenters. The number of hydrogen-bond acceptors (Lipinski definition) is 6. The first-order valence-corrected chi connectivity index (χ1v) is 7.94. The van der Waals surface area contributed by atoms with Gasteiger partial charge in [-0.05, 0) is 19.1 Å². The number of benzene rings is 1. The molecule has 0 bridgehead atoms. The zero-order chi connectivity index (χ0) is 16.4. The minimum Gasteiger partial charge on any atom is -0.490 e. The first-order valence-electron chi connectivity index (χ1n) is 7.94. The highest BCUT2D eigenvalue weighted by Gasteiger charge is 2.23. The zero-order valence-corrected chi connectivity index (χ0v) is 14.0. The third-order valence-electron chi connectivity index (χ3n) is 3.61. The van der Waals surface area contributed by atoms with Crippen molar-refractivity contribution in [2.45, 2.75) is 45.6 Å². The SMILES string of the molecule is C[C@H](Nc1ccc2c(c1)OCCCO2)c1nc(C(C)(C)C)no1. The lowest BCUT2D eigenvalue weighted by Gasteiger charge is -2.14. The molecule has 0 saturated heterocycles. The van der Waals surface area contributed by atoms with Crippen LogP contribution in [0.1, 0.15) is 51.9 Å². The number of anilines is 1. The smallest absolute Gasteiger partial charge is 0.248 e. The van der Waals surface area contributed by atoms with Crippen LogP contribution in [0.15, 0.2) is 22.7 Å². The van der Waals surface area contributed by atoms with Gasteiger partial charge in [0.25, 0.3) is 0 Å². The van der Waals surface area contributed by atoms with E-state index in [1.807, 2.05) is 25.1 Å². The van der Waals surface area contributed by atoms with Crippen molar-refractivity contribution in [1.29, 1.82) is 0 Å². The van der Waals surface area contributed by atoms with Gasteiger partial charge in [0, 0.05) is 23.6 Å². The summed E-state index contributed by atoms with van der Waals surface area (Å²) < 4.78 is 16.7. The van der Waals surface area contributed by atoms with Crippen LogP contribution in [0.3, 0.4) is 0 Å². The van der Waals surface area contributed by atoms with Crippen molar-refractivity contribution >= 4 is 5.69 Å². The summed E-state index contributed by atoms with van der Waals surface area (Å²) in [5.74, 6) is 2.83. The van der Waals surface area contributed by atoms with Gasteiger partial charge in [-0.15, -0.1) is 0 Å². The predicted molar refractivity (Wildman–Crippen MR) is 87.1 cm³/mol. The highest BCUT2D eigenvalue weighted by Crippen LogP contribution is 2.33. The molecule has 2 aromatic rings. The van der Waals surface area contributed by atoms with Gasteiger partial charge in [0.15, 0.2) is 17.3 Å². The number of aromatic nitrogens is 2. The molecule has 1 aliphatic rings. The Morgan fingerprint density at radius 2 is 1.87 bits per heavy atom. The molecule has 0 amide bonds. The molecule has 0 aliphatic carbocycles. The van der Waals surface area contributed by atoms with Gasteiger partial charge < -0.3 is 19.3 Å². The van der Waals surface area contributed by atoms with E-state index in [2.05, 4.69) is 36.2 Å². The lowest BCUT2D eigenvalue weighted by molar-refractivity contribution is 0.297. The fraction of sp³-hybridized carbons (Fsp3) is 0.529. The Morgan fingerprint density at radius 3 is 2.57 bits per heavy atom. The van der Waals surface area contributed by atoms with E-state index in [1.54, 1.807) is 0 Å². The maximum atomic E-state index is 5.71. The molecule has 1 aliphatic heterocycles. The van der Waals surface area contributed by atoms with Crippen LogP contribution < -0.4 is 14.8 Å². The van der Waals surface area contributed by atoms with Crippen LogP contribution in [0.4, 0.5) is 5.69 Å². The van der Waals surface area contributed by atoms with Gasteiger partial charge >= 0.3 is 0 Å². The average molecular weight is 317 g/mol. The summed E-state index contributed by atoms with van der Waals surface area (Å²) in [6.45, 7) is 9.53. The third kappa shape index (κ3) is 3.57. The maximum Gasteiger partial charge on any atom is 0.248 e. The molecule has 23 heavy (non-hydrogen) atoms. The maximum absolute atomic E-state index is 5.71. The van der Waals surface area contributed by atoms with Gasteiger partial charge in [-0.2, -0.15) is 4.98 Å². The van der Waals surface area contributed by atoms with E-state index in [9.17, 15) is 0 Å². The summed E-state index contributed by atoms with van der Waals surface area (Å²) in [5, 5.41) is 7.42. The summed E-state index contributed by atoms with van der Waals surface area (Å²) in [5.41, 5.74) is 0.800. The van der Waals surface area contributed by atoms with Crippen LogP contribution >= 0.6 is 0 Å². The van der Waals surface area contributed by atoms with Crippen molar-refractivity contribution in [2.75, 3.05) is 18.5 Å². The van der Waals surface area contributed by atoms with Crippen molar-refractivity contribution in [2.24, 2.45) is 0 Å². The second-order valence-electron chi connectivity index (χ2n) is 6.78. The molecular weight excluding hydrogens is 294 g/mol. The quantitative estimate of drug-likeness (QED) is 0.931. The lowest BCUT2D eigenvalue weighted by atomic mass is 9.96. The molecule has 1 aromatic heterocycles. The van der Waals surface area contributed by atoms with E-state index in [0.29, 0.717) is 24.9 Å². The first kappa shape index (κ1) is 15.6. The molecule has 0 spiro atoms. The summed E-state index contributed by atoms with van der Waals surface area (Å²) in [6.07, 6.45) is 0.894. The van der Waals surface area contributed by atoms with Gasteiger partial charge in [-0.25, -0.2) is 0 Å². The Morgan fingerprint density at radius 1 is 1.13 bits per heavy atom. The van der Waals surface area contributed by atoms with Crippen molar-refractivity contribution in [3.8, 4) is 11.5 Å². The second-order valence-corrected chi connectivity index (χ2v) is 6.78. The topological polar surface area (TPSA) is 69.4 Å². The fourth-order valence-corrected chi connectivity index (χ4v) is 2.28. The third-order valence-corrected chi connectivity index (χ3v) is 3.61. The minimum atomic E-state index is -0.128. The van der Waals surface area contributed by atoms with Gasteiger partial charge in [0.1, 0.15) is 6.04 Å². The molecule has 2 heterocycles. The molecule has 0 fully saturated rings. The summed E-state index contributed by atoms with van der Waals surface area (Å²) >= 11 is 0. The Labute approximate surface area is 136 Å². The molecule has 0 unspecified atom stereocenters. The number of rotatable bonds is 3. The van der Waals surface area contributed by atoms with E-state index in [-0.39, 0.29) is 11.5 Å². The number of nitrogens with zero attached hydrogens (tertiary/aromatic N) is 2. The Bertz CT molecular complexity index is 676. The van der Waals surface area contributed by atoms with Crippen LogP contribution in [-0.4, -0.2) is 23.4 Å². The van der Waals surface area contributed by atoms with Crippen molar-refractivity contribution in [3.05, 3.63) is 29.9 Å². The number of fused-ring (bicyclic) bond motifs is 1. The van der Waals surface area contributed by atoms with Crippen molar-refractivity contribution in [1.82, 2.24) is 10.1 Å². The minimum absolute atomic E-state index is 0.0941. The molecule has 6 heteroatoms. The Kier molecular flexibility index (Phi) is 4.15. The standard InChI is InChI=1S/C17H23N3O3/c1-11(15-19-16(20-23-15)17(2,3)4)18-12-6-7-13-14(10-12)22-9-5-8-21-13/h6-7,10-11,18H,5,8-9H2,1-4H3/t11-/m0/s1. The van der Waals surface area contributed by atoms with E-state index >= 15 is 0 Å². The summed E-state index contributed by atoms with van der Waals surface area (Å²) in [7, 11) is 0. The van der Waals surface area contributed by atoms with Gasteiger partial charge in [-0.1, -0.05) is 25.9 Å². The Balaban J connectivity index is 1.74. The van der Waals surface area contributed by atoms with Crippen LogP contribution in [0, 0.1) is 0 Å². The van der Waals surface area contributed by atoms with Crippen LogP contribution in [0.25, 0.3) is 0 Å². The van der Waals surface area contributed by atoms with Crippen molar-refractivity contribution in [3.63, 3.8) is 0 Å². The van der Waals surface area contributed by atoms with Crippen LogP contribution in [0.2, 0.25) is 0 Å². The van der Waals surface area contributed by atoms with E-state index < -0.39 is 0 Å². The Hall–Kier alpha value is -2.24. The highest BCUT2D eigenvalue weighted by molar-refractivity contribution is 5.55. The second kappa shape index (κ2) is 6.10. The highest BCUT2D eigenvalue weighted by atomic mass is 16.5. The van der Waals surface area contributed by atoms with Gasteiger partial charge in [0.05, 0.1) is 13.2 Å². The fourth-order valence-electron chi connectivity index (χ4n) is 2.28. The summed E-state index contributed by atoms with van der Waals surface area (Å²) in [4.78, 5) is 4.48. The van der Waals surface area contributed by atoms with Gasteiger partial charge in [0.2, 0.25) is 5.89 Å². The van der Waals surface area contributed by atoms with E-state index in [4.69, 9.17) is 14.0 Å². The molecule has 1 aromatic carbocycles. The number of ether oxygens (including phenoxy) is 2. The number of nitrogens with one attached hydrogen (secondary N) is 1. The average Bonchev–Trinajstić information content (AvgIpc) is 2.88. The lowest BCUT2D eigenvalue weighted by Crippen LogP contribution is -2.14. The van der Waals surface area contributed by atoms with E-state index in [1.165, 1.54) is 0 Å². The largest absolute Gasteiger partial charge is 0.490 e. The molecule has 3 rings (SSSR count). The molecule has 0 saturated carbocycles. The van der Waals surface area contributed by atoms with Crippen LogP contribution in [0.5, 0.6) is 11.5 Å². The predicted octanol–water partition coefficient (Wildman–Crippen LogP) is 3.70. The molecule has 6 nitrogen and oxygen atoms in total. The van der Waals surface area contributed by atoms with Crippen LogP contribution in [-0.2, 0) is 5.41 Å². The molecular formula is C17H23N3O3. The molecule has 1 N–H and O–H groups in total. The first-order chi connectivity index (χ1) is 10.9.